The SMILES string of the molecule is CC(C)CCNC(C#N)c1cccc(Br)c1. The van der Waals surface area contributed by atoms with Crippen molar-refractivity contribution in [2.24, 2.45) is 5.92 Å². The Bertz CT molecular complexity index is 368. The molecule has 86 valence electrons. The number of hydrogen-bond donors (Lipinski definition) is 1. The maximum atomic E-state index is 9.11. The van der Waals surface area contributed by atoms with Gasteiger partial charge in [-0.15, -0.1) is 0 Å². The summed E-state index contributed by atoms with van der Waals surface area (Å²) in [6.45, 7) is 5.24. The Balaban J connectivity index is 2.58. The average molecular weight is 281 g/mol. The number of nitrogens with zero attached hydrogens (tertiary/aromatic N) is 1. The zero-order valence-corrected chi connectivity index (χ0v) is 11.3. The summed E-state index contributed by atoms with van der Waals surface area (Å²) in [7, 11) is 0. The molecular weight excluding hydrogens is 264 g/mol. The van der Waals surface area contributed by atoms with Crippen molar-refractivity contribution in [1.29, 1.82) is 5.26 Å². The van der Waals surface area contributed by atoms with E-state index in [0.717, 1.165) is 23.0 Å². The normalized spacial score (nSPS) is 12.4. The smallest absolute Gasteiger partial charge is 0.121 e. The number of nitriles is 1. The zero-order valence-electron chi connectivity index (χ0n) is 9.70. The maximum Gasteiger partial charge on any atom is 0.121 e. The van der Waals surface area contributed by atoms with Crippen molar-refractivity contribution in [3.05, 3.63) is 34.3 Å². The summed E-state index contributed by atoms with van der Waals surface area (Å²) in [5.41, 5.74) is 1.01. The lowest BCUT2D eigenvalue weighted by atomic mass is 10.1. The molecule has 3 heteroatoms. The van der Waals surface area contributed by atoms with Crippen LogP contribution in [0, 0.1) is 17.2 Å². The molecule has 0 heterocycles. The van der Waals surface area contributed by atoms with Gasteiger partial charge in [0.05, 0.1) is 6.07 Å². The van der Waals surface area contributed by atoms with E-state index in [1.54, 1.807) is 0 Å². The lowest BCUT2D eigenvalue weighted by molar-refractivity contribution is 0.519. The second kappa shape index (κ2) is 6.67. The summed E-state index contributed by atoms with van der Waals surface area (Å²) in [5, 5.41) is 12.4. The molecular formula is C13H17BrN2. The van der Waals surface area contributed by atoms with E-state index in [0.29, 0.717) is 5.92 Å². The quantitative estimate of drug-likeness (QED) is 0.894. The van der Waals surface area contributed by atoms with Crippen LogP contribution in [-0.4, -0.2) is 6.54 Å². The molecule has 1 atom stereocenters. The molecule has 0 radical (unpaired) electrons. The number of benzene rings is 1. The van der Waals surface area contributed by atoms with Crippen LogP contribution in [0.4, 0.5) is 0 Å². The minimum absolute atomic E-state index is 0.212. The van der Waals surface area contributed by atoms with Crippen LogP contribution < -0.4 is 5.32 Å². The van der Waals surface area contributed by atoms with E-state index in [1.165, 1.54) is 0 Å². The Morgan fingerprint density at radius 3 is 2.75 bits per heavy atom. The van der Waals surface area contributed by atoms with Gasteiger partial charge in [0.15, 0.2) is 0 Å². The van der Waals surface area contributed by atoms with Crippen molar-refractivity contribution in [3.8, 4) is 6.07 Å². The summed E-state index contributed by atoms with van der Waals surface area (Å²) >= 11 is 3.41. The highest BCUT2D eigenvalue weighted by atomic mass is 79.9. The highest BCUT2D eigenvalue weighted by molar-refractivity contribution is 9.10. The monoisotopic (exact) mass is 280 g/mol. The summed E-state index contributed by atoms with van der Waals surface area (Å²) in [6.07, 6.45) is 1.09. The van der Waals surface area contributed by atoms with Gasteiger partial charge in [0.1, 0.15) is 6.04 Å². The van der Waals surface area contributed by atoms with E-state index in [9.17, 15) is 0 Å². The average Bonchev–Trinajstić information content (AvgIpc) is 2.24. The highest BCUT2D eigenvalue weighted by Gasteiger charge is 2.09. The second-order valence-electron chi connectivity index (χ2n) is 4.25. The summed E-state index contributed by atoms with van der Waals surface area (Å²) in [5.74, 6) is 0.661. The fraction of sp³-hybridized carbons (Fsp3) is 0.462. The minimum Gasteiger partial charge on any atom is -0.298 e. The molecule has 16 heavy (non-hydrogen) atoms. The van der Waals surface area contributed by atoms with E-state index in [4.69, 9.17) is 5.26 Å². The molecule has 0 aromatic heterocycles. The molecule has 2 nitrogen and oxygen atoms in total. The molecule has 0 fully saturated rings. The summed E-state index contributed by atoms with van der Waals surface area (Å²) in [6, 6.07) is 9.95. The molecule has 0 aliphatic carbocycles. The first-order valence-electron chi connectivity index (χ1n) is 5.52. The Kier molecular flexibility index (Phi) is 5.51. The second-order valence-corrected chi connectivity index (χ2v) is 5.17. The fourth-order valence-electron chi connectivity index (χ4n) is 1.44. The first kappa shape index (κ1) is 13.2. The predicted octanol–water partition coefficient (Wildman–Crippen LogP) is 3.65. The Morgan fingerprint density at radius 2 is 2.19 bits per heavy atom. The summed E-state index contributed by atoms with van der Waals surface area (Å²) in [4.78, 5) is 0. The van der Waals surface area contributed by atoms with Crippen LogP contribution in [-0.2, 0) is 0 Å². The van der Waals surface area contributed by atoms with Crippen molar-refractivity contribution in [3.63, 3.8) is 0 Å². The van der Waals surface area contributed by atoms with Crippen molar-refractivity contribution >= 4 is 15.9 Å². The molecule has 0 aliphatic rings. The Morgan fingerprint density at radius 1 is 1.44 bits per heavy atom. The van der Waals surface area contributed by atoms with Crippen molar-refractivity contribution < 1.29 is 0 Å². The van der Waals surface area contributed by atoms with Gasteiger partial charge in [0.2, 0.25) is 0 Å². The van der Waals surface area contributed by atoms with Crippen LogP contribution in [0.5, 0.6) is 0 Å². The van der Waals surface area contributed by atoms with Crippen LogP contribution in [0.3, 0.4) is 0 Å². The molecule has 0 aliphatic heterocycles. The topological polar surface area (TPSA) is 35.8 Å². The third-order valence-corrected chi connectivity index (χ3v) is 2.87. The molecule has 0 bridgehead atoms. The standard InChI is InChI=1S/C13H17BrN2/c1-10(2)6-7-16-13(9-15)11-4-3-5-12(14)8-11/h3-5,8,10,13,16H,6-7H2,1-2H3. The lowest BCUT2D eigenvalue weighted by Gasteiger charge is -2.13. The fourth-order valence-corrected chi connectivity index (χ4v) is 1.86. The van der Waals surface area contributed by atoms with Crippen LogP contribution in [0.15, 0.2) is 28.7 Å². The van der Waals surface area contributed by atoms with E-state index in [1.807, 2.05) is 24.3 Å². The minimum atomic E-state index is -0.212. The van der Waals surface area contributed by atoms with Crippen LogP contribution in [0.1, 0.15) is 31.9 Å². The molecule has 1 rings (SSSR count). The van der Waals surface area contributed by atoms with E-state index < -0.39 is 0 Å². The first-order valence-corrected chi connectivity index (χ1v) is 6.31. The molecule has 1 aromatic carbocycles. The lowest BCUT2D eigenvalue weighted by Crippen LogP contribution is -2.22. The predicted molar refractivity (Wildman–Crippen MR) is 70.0 cm³/mol. The van der Waals surface area contributed by atoms with E-state index >= 15 is 0 Å². The maximum absolute atomic E-state index is 9.11. The van der Waals surface area contributed by atoms with Gasteiger partial charge in [-0.25, -0.2) is 0 Å². The molecule has 0 spiro atoms. The van der Waals surface area contributed by atoms with Crippen LogP contribution in [0.2, 0.25) is 0 Å². The molecule has 0 saturated carbocycles. The Labute approximate surface area is 106 Å². The molecule has 0 amide bonds. The number of hydrogen-bond acceptors (Lipinski definition) is 2. The molecule has 1 aromatic rings. The van der Waals surface area contributed by atoms with Gasteiger partial charge >= 0.3 is 0 Å². The number of nitrogens with one attached hydrogen (secondary N) is 1. The van der Waals surface area contributed by atoms with Gasteiger partial charge in [-0.2, -0.15) is 5.26 Å². The van der Waals surface area contributed by atoms with Gasteiger partial charge in [-0.3, -0.25) is 5.32 Å². The van der Waals surface area contributed by atoms with Gasteiger partial charge < -0.3 is 0 Å². The third kappa shape index (κ3) is 4.34. The third-order valence-electron chi connectivity index (χ3n) is 2.38. The van der Waals surface area contributed by atoms with Crippen LogP contribution in [0.25, 0.3) is 0 Å². The number of halogens is 1. The van der Waals surface area contributed by atoms with Crippen molar-refractivity contribution in [1.82, 2.24) is 5.32 Å². The van der Waals surface area contributed by atoms with E-state index in [2.05, 4.69) is 41.2 Å². The van der Waals surface area contributed by atoms with E-state index in [-0.39, 0.29) is 6.04 Å². The Hall–Kier alpha value is -0.850. The molecule has 0 saturated heterocycles. The summed E-state index contributed by atoms with van der Waals surface area (Å²) < 4.78 is 1.01. The van der Waals surface area contributed by atoms with Gasteiger partial charge in [-0.1, -0.05) is 41.9 Å². The highest BCUT2D eigenvalue weighted by Crippen LogP contribution is 2.17. The molecule has 1 unspecified atom stereocenters. The van der Waals surface area contributed by atoms with Gasteiger partial charge in [0, 0.05) is 4.47 Å². The largest absolute Gasteiger partial charge is 0.298 e. The van der Waals surface area contributed by atoms with Crippen LogP contribution >= 0.6 is 15.9 Å². The first-order chi connectivity index (χ1) is 7.63. The van der Waals surface area contributed by atoms with Gasteiger partial charge in [0.25, 0.3) is 0 Å². The number of rotatable bonds is 5. The van der Waals surface area contributed by atoms with Gasteiger partial charge in [-0.05, 0) is 36.6 Å². The van der Waals surface area contributed by atoms with Crippen molar-refractivity contribution in [2.45, 2.75) is 26.3 Å². The van der Waals surface area contributed by atoms with Crippen molar-refractivity contribution in [2.75, 3.05) is 6.54 Å². The zero-order chi connectivity index (χ0) is 12.0. The molecule has 1 N–H and O–H groups in total.